The van der Waals surface area contributed by atoms with Gasteiger partial charge >= 0.3 is 0 Å². The van der Waals surface area contributed by atoms with Crippen LogP contribution in [0.1, 0.15) is 11.1 Å². The van der Waals surface area contributed by atoms with Crippen LogP contribution in [0.15, 0.2) is 41.5 Å². The van der Waals surface area contributed by atoms with E-state index in [1.54, 1.807) is 44.4 Å². The van der Waals surface area contributed by atoms with Crippen LogP contribution in [0.5, 0.6) is 17.2 Å². The lowest BCUT2D eigenvalue weighted by atomic mass is 10.1. The minimum atomic E-state index is 0.393. The zero-order chi connectivity index (χ0) is 19.4. The topological polar surface area (TPSA) is 73.7 Å². The van der Waals surface area contributed by atoms with E-state index < -0.39 is 0 Å². The highest BCUT2D eigenvalue weighted by Gasteiger charge is 2.13. The van der Waals surface area contributed by atoms with Gasteiger partial charge in [0.1, 0.15) is 5.75 Å². The summed E-state index contributed by atoms with van der Waals surface area (Å²) < 4.78 is 18.1. The lowest BCUT2D eigenvalue weighted by Gasteiger charge is -2.12. The predicted molar refractivity (Wildman–Crippen MR) is 107 cm³/mol. The first-order valence-corrected chi connectivity index (χ1v) is 8.57. The second-order valence-corrected chi connectivity index (χ2v) is 6.06. The van der Waals surface area contributed by atoms with Gasteiger partial charge < -0.3 is 14.2 Å². The van der Waals surface area contributed by atoms with Crippen molar-refractivity contribution in [3.05, 3.63) is 52.3 Å². The molecule has 140 valence electrons. The van der Waals surface area contributed by atoms with E-state index in [1.807, 2.05) is 31.2 Å². The minimum Gasteiger partial charge on any atom is -0.496 e. The summed E-state index contributed by atoms with van der Waals surface area (Å²) >= 11 is 5.34. The van der Waals surface area contributed by atoms with Crippen molar-refractivity contribution in [3.63, 3.8) is 0 Å². The molecule has 8 heteroatoms. The highest BCUT2D eigenvalue weighted by molar-refractivity contribution is 7.71. The van der Waals surface area contributed by atoms with Gasteiger partial charge in [-0.2, -0.15) is 14.9 Å². The van der Waals surface area contributed by atoms with E-state index >= 15 is 0 Å². The Labute approximate surface area is 162 Å². The molecule has 0 aliphatic rings. The van der Waals surface area contributed by atoms with Crippen molar-refractivity contribution in [2.24, 2.45) is 5.10 Å². The Morgan fingerprint density at radius 1 is 1.04 bits per heavy atom. The van der Waals surface area contributed by atoms with E-state index in [-0.39, 0.29) is 0 Å². The quantitative estimate of drug-likeness (QED) is 0.517. The predicted octanol–water partition coefficient (Wildman–Crippen LogP) is 3.82. The van der Waals surface area contributed by atoms with Crippen LogP contribution in [-0.4, -0.2) is 42.4 Å². The lowest BCUT2D eigenvalue weighted by molar-refractivity contribution is 0.349. The molecule has 0 spiro atoms. The maximum Gasteiger partial charge on any atom is 0.216 e. The second-order valence-electron chi connectivity index (χ2n) is 5.67. The largest absolute Gasteiger partial charge is 0.496 e. The van der Waals surface area contributed by atoms with E-state index in [1.165, 1.54) is 0 Å². The molecule has 27 heavy (non-hydrogen) atoms. The fourth-order valence-corrected chi connectivity index (χ4v) is 2.85. The fraction of sp³-hybridized carbons (Fsp3) is 0.211. The van der Waals surface area contributed by atoms with Crippen molar-refractivity contribution in [1.29, 1.82) is 0 Å². The maximum absolute atomic E-state index is 5.44. The van der Waals surface area contributed by atoms with Gasteiger partial charge in [-0.1, -0.05) is 24.3 Å². The summed E-state index contributed by atoms with van der Waals surface area (Å²) in [6.07, 6.45) is 1.65. The first-order chi connectivity index (χ1) is 13.1. The van der Waals surface area contributed by atoms with Crippen LogP contribution in [0, 0.1) is 11.7 Å². The van der Waals surface area contributed by atoms with Crippen molar-refractivity contribution in [1.82, 2.24) is 14.9 Å². The van der Waals surface area contributed by atoms with Crippen LogP contribution in [0.25, 0.3) is 11.4 Å². The van der Waals surface area contributed by atoms with Gasteiger partial charge in [0.2, 0.25) is 4.77 Å². The standard InChI is InChI=1S/C19H20N4O3S/c1-12-7-5-6-8-14(12)18-21-22-19(27)23(18)20-11-13-9-16(25-3)17(26-4)10-15(13)24-2/h5-11H,1-4H3,(H,22,27)/b20-11+. The molecule has 0 atom stereocenters. The van der Waals surface area contributed by atoms with Crippen LogP contribution >= 0.6 is 12.2 Å². The molecule has 0 aliphatic heterocycles. The number of methoxy groups -OCH3 is 3. The maximum atomic E-state index is 5.44. The van der Waals surface area contributed by atoms with E-state index in [0.29, 0.717) is 33.4 Å². The van der Waals surface area contributed by atoms with Crippen LogP contribution in [0.4, 0.5) is 0 Å². The van der Waals surface area contributed by atoms with Gasteiger partial charge in [-0.05, 0) is 30.8 Å². The van der Waals surface area contributed by atoms with Crippen molar-refractivity contribution < 1.29 is 14.2 Å². The first kappa shape index (κ1) is 18.7. The number of nitrogens with zero attached hydrogens (tertiary/aromatic N) is 3. The Bertz CT molecular complexity index is 1040. The van der Waals surface area contributed by atoms with Crippen LogP contribution in [0.2, 0.25) is 0 Å². The first-order valence-electron chi connectivity index (χ1n) is 8.16. The molecular weight excluding hydrogens is 364 g/mol. The van der Waals surface area contributed by atoms with Crippen LogP contribution in [0.3, 0.4) is 0 Å². The Hall–Kier alpha value is -3.13. The molecule has 1 N–H and O–H groups in total. The number of benzene rings is 2. The summed E-state index contributed by atoms with van der Waals surface area (Å²) in [6, 6.07) is 11.4. The zero-order valence-electron chi connectivity index (χ0n) is 15.5. The number of aryl methyl sites for hydroxylation is 1. The number of nitrogens with one attached hydrogen (secondary N) is 1. The number of ether oxygens (including phenoxy) is 3. The van der Waals surface area contributed by atoms with Gasteiger partial charge in [-0.15, -0.1) is 0 Å². The van der Waals surface area contributed by atoms with Gasteiger partial charge in [0.25, 0.3) is 0 Å². The molecule has 0 bridgehead atoms. The summed E-state index contributed by atoms with van der Waals surface area (Å²) in [5, 5.41) is 11.6. The average Bonchev–Trinajstić information content (AvgIpc) is 3.06. The van der Waals surface area contributed by atoms with Gasteiger partial charge in [0.15, 0.2) is 17.3 Å². The number of hydrogen-bond acceptors (Lipinski definition) is 6. The molecule has 0 saturated heterocycles. The van der Waals surface area contributed by atoms with Gasteiger partial charge in [-0.25, -0.2) is 5.10 Å². The molecule has 1 aromatic heterocycles. The molecule has 3 aromatic rings. The number of aromatic nitrogens is 3. The highest BCUT2D eigenvalue weighted by Crippen LogP contribution is 2.33. The number of aromatic amines is 1. The summed E-state index contributed by atoms with van der Waals surface area (Å²) in [4.78, 5) is 0. The van der Waals surface area contributed by atoms with Gasteiger partial charge in [0.05, 0.1) is 27.5 Å². The third kappa shape index (κ3) is 3.70. The Balaban J connectivity index is 2.07. The van der Waals surface area contributed by atoms with Crippen molar-refractivity contribution >= 4 is 18.4 Å². The molecule has 2 aromatic carbocycles. The van der Waals surface area contributed by atoms with Gasteiger partial charge in [0, 0.05) is 17.2 Å². The summed E-state index contributed by atoms with van der Waals surface area (Å²) in [6.45, 7) is 2.01. The van der Waals surface area contributed by atoms with E-state index in [2.05, 4.69) is 15.3 Å². The molecule has 0 unspecified atom stereocenters. The minimum absolute atomic E-state index is 0.393. The van der Waals surface area contributed by atoms with Crippen LogP contribution in [-0.2, 0) is 0 Å². The fourth-order valence-electron chi connectivity index (χ4n) is 2.67. The third-order valence-electron chi connectivity index (χ3n) is 4.08. The Morgan fingerprint density at radius 3 is 2.37 bits per heavy atom. The molecule has 1 heterocycles. The van der Waals surface area contributed by atoms with Crippen molar-refractivity contribution in [2.45, 2.75) is 6.92 Å². The van der Waals surface area contributed by atoms with Crippen LogP contribution < -0.4 is 14.2 Å². The average molecular weight is 384 g/mol. The van der Waals surface area contributed by atoms with E-state index in [9.17, 15) is 0 Å². The van der Waals surface area contributed by atoms with E-state index in [4.69, 9.17) is 26.4 Å². The smallest absolute Gasteiger partial charge is 0.216 e. The number of rotatable bonds is 6. The highest BCUT2D eigenvalue weighted by atomic mass is 32.1. The van der Waals surface area contributed by atoms with Gasteiger partial charge in [-0.3, -0.25) is 0 Å². The molecule has 7 nitrogen and oxygen atoms in total. The van der Waals surface area contributed by atoms with Crippen molar-refractivity contribution in [3.8, 4) is 28.6 Å². The SMILES string of the molecule is COc1cc(OC)c(OC)cc1/C=N/n1c(-c2ccccc2C)n[nH]c1=S. The molecular formula is C19H20N4O3S. The second kappa shape index (κ2) is 8.05. The monoisotopic (exact) mass is 384 g/mol. The number of hydrogen-bond donors (Lipinski definition) is 1. The summed E-state index contributed by atoms with van der Waals surface area (Å²) in [5.41, 5.74) is 2.74. The molecule has 3 rings (SSSR count). The number of H-pyrrole nitrogens is 1. The summed E-state index contributed by atoms with van der Waals surface area (Å²) in [7, 11) is 4.74. The molecule has 0 aliphatic carbocycles. The van der Waals surface area contributed by atoms with E-state index in [0.717, 1.165) is 11.1 Å². The lowest BCUT2D eigenvalue weighted by Crippen LogP contribution is -1.99. The van der Waals surface area contributed by atoms with Crippen molar-refractivity contribution in [2.75, 3.05) is 21.3 Å². The molecule has 0 amide bonds. The Kier molecular flexibility index (Phi) is 5.56. The normalized spacial score (nSPS) is 11.0. The third-order valence-corrected chi connectivity index (χ3v) is 4.35. The molecule has 0 radical (unpaired) electrons. The zero-order valence-corrected chi connectivity index (χ0v) is 16.3. The Morgan fingerprint density at radius 2 is 1.70 bits per heavy atom. The summed E-state index contributed by atoms with van der Waals surface area (Å²) in [5.74, 6) is 2.39. The molecule has 0 fully saturated rings. The molecule has 0 saturated carbocycles.